The first kappa shape index (κ1) is 16.8. The van der Waals surface area contributed by atoms with Crippen LogP contribution in [0.3, 0.4) is 0 Å². The van der Waals surface area contributed by atoms with Crippen LogP contribution in [0.25, 0.3) is 21.8 Å². The van der Waals surface area contributed by atoms with Gasteiger partial charge in [0.25, 0.3) is 0 Å². The van der Waals surface area contributed by atoms with E-state index in [0.29, 0.717) is 10.7 Å². The van der Waals surface area contributed by atoms with Crippen LogP contribution >= 0.6 is 23.2 Å². The zero-order valence-corrected chi connectivity index (χ0v) is 15.0. The van der Waals surface area contributed by atoms with E-state index >= 15 is 0 Å². The Balaban J connectivity index is 1.57. The fourth-order valence-electron chi connectivity index (χ4n) is 3.01. The zero-order valence-electron chi connectivity index (χ0n) is 13.5. The molecule has 0 saturated carbocycles. The molecule has 0 unspecified atom stereocenters. The summed E-state index contributed by atoms with van der Waals surface area (Å²) in [6.45, 7) is 0. The van der Waals surface area contributed by atoms with Crippen molar-refractivity contribution in [2.24, 2.45) is 0 Å². The highest BCUT2D eigenvalue weighted by molar-refractivity contribution is 6.32. The average Bonchev–Trinajstić information content (AvgIpc) is 2.94. The van der Waals surface area contributed by atoms with E-state index in [9.17, 15) is 9.90 Å². The Kier molecular flexibility index (Phi) is 4.23. The molecule has 4 rings (SSSR count). The third kappa shape index (κ3) is 3.21. The van der Waals surface area contributed by atoms with E-state index in [1.165, 1.54) is 12.1 Å². The van der Waals surface area contributed by atoms with Gasteiger partial charge in [0.2, 0.25) is 5.91 Å². The molecule has 1 heterocycles. The van der Waals surface area contributed by atoms with Gasteiger partial charge in [-0.1, -0.05) is 41.4 Å². The molecule has 0 bridgehead atoms. The largest absolute Gasteiger partial charge is 0.506 e. The van der Waals surface area contributed by atoms with Crippen molar-refractivity contribution in [3.05, 3.63) is 70.2 Å². The molecule has 1 amide bonds. The van der Waals surface area contributed by atoms with Crippen LogP contribution in [0, 0.1) is 0 Å². The molecule has 26 heavy (non-hydrogen) atoms. The van der Waals surface area contributed by atoms with Crippen molar-refractivity contribution in [2.45, 2.75) is 6.42 Å². The molecular formula is C20H14Cl2N2O2. The van der Waals surface area contributed by atoms with Crippen molar-refractivity contribution in [3.8, 4) is 5.75 Å². The topological polar surface area (TPSA) is 65.1 Å². The Bertz CT molecular complexity index is 1150. The van der Waals surface area contributed by atoms with Crippen LogP contribution in [0.4, 0.5) is 5.69 Å². The SMILES string of the molecule is O=C(Cc1ccc2c(c1)[nH]c1cc(Cl)ccc12)Nc1ccc(O)c(Cl)c1. The minimum absolute atomic E-state index is 0.0194. The summed E-state index contributed by atoms with van der Waals surface area (Å²) in [6.07, 6.45) is 0.227. The molecule has 6 heteroatoms. The highest BCUT2D eigenvalue weighted by Crippen LogP contribution is 2.29. The maximum Gasteiger partial charge on any atom is 0.228 e. The van der Waals surface area contributed by atoms with Gasteiger partial charge in [-0.25, -0.2) is 0 Å². The Morgan fingerprint density at radius 3 is 2.46 bits per heavy atom. The molecule has 3 aromatic carbocycles. The number of phenols is 1. The number of phenolic OH excluding ortho intramolecular Hbond substituents is 1. The molecule has 0 aliphatic heterocycles. The van der Waals surface area contributed by atoms with Crippen molar-refractivity contribution in [1.82, 2.24) is 4.98 Å². The van der Waals surface area contributed by atoms with E-state index in [2.05, 4.69) is 10.3 Å². The number of amides is 1. The summed E-state index contributed by atoms with van der Waals surface area (Å²) in [5, 5.41) is 15.3. The summed E-state index contributed by atoms with van der Waals surface area (Å²) in [6, 6.07) is 16.2. The lowest BCUT2D eigenvalue weighted by Crippen LogP contribution is -2.14. The third-order valence-electron chi connectivity index (χ3n) is 4.22. The fourth-order valence-corrected chi connectivity index (χ4v) is 3.37. The van der Waals surface area contributed by atoms with Gasteiger partial charge in [0.15, 0.2) is 0 Å². The first-order valence-corrected chi connectivity index (χ1v) is 8.73. The van der Waals surface area contributed by atoms with Crippen LogP contribution in [0.5, 0.6) is 5.75 Å². The molecule has 0 aliphatic carbocycles. The van der Waals surface area contributed by atoms with Gasteiger partial charge in [-0.05, 0) is 42.0 Å². The molecule has 3 N–H and O–H groups in total. The molecule has 0 saturated heterocycles. The number of benzene rings is 3. The number of hydrogen-bond donors (Lipinski definition) is 3. The maximum absolute atomic E-state index is 12.3. The van der Waals surface area contributed by atoms with Crippen LogP contribution in [0.1, 0.15) is 5.56 Å². The van der Waals surface area contributed by atoms with E-state index in [4.69, 9.17) is 23.2 Å². The van der Waals surface area contributed by atoms with Crippen molar-refractivity contribution in [2.75, 3.05) is 5.32 Å². The number of carbonyl (C=O) groups excluding carboxylic acids is 1. The number of aromatic hydroxyl groups is 1. The molecular weight excluding hydrogens is 371 g/mol. The van der Waals surface area contributed by atoms with Crippen molar-refractivity contribution < 1.29 is 9.90 Å². The molecule has 0 spiro atoms. The average molecular weight is 385 g/mol. The third-order valence-corrected chi connectivity index (χ3v) is 4.76. The predicted molar refractivity (Wildman–Crippen MR) is 106 cm³/mol. The minimum Gasteiger partial charge on any atom is -0.506 e. The number of rotatable bonds is 3. The van der Waals surface area contributed by atoms with E-state index in [1.807, 2.05) is 36.4 Å². The van der Waals surface area contributed by atoms with E-state index in [-0.39, 0.29) is 23.1 Å². The van der Waals surface area contributed by atoms with Crippen LogP contribution in [0.15, 0.2) is 54.6 Å². The number of carbonyl (C=O) groups is 1. The lowest BCUT2D eigenvalue weighted by Gasteiger charge is -2.07. The van der Waals surface area contributed by atoms with Gasteiger partial charge >= 0.3 is 0 Å². The quantitative estimate of drug-likeness (QED) is 0.407. The Labute approximate surface area is 159 Å². The molecule has 4 nitrogen and oxygen atoms in total. The molecule has 0 aliphatic rings. The Morgan fingerprint density at radius 1 is 0.962 bits per heavy atom. The van der Waals surface area contributed by atoms with Gasteiger partial charge < -0.3 is 15.4 Å². The summed E-state index contributed by atoms with van der Waals surface area (Å²) in [7, 11) is 0. The summed E-state index contributed by atoms with van der Waals surface area (Å²) < 4.78 is 0. The first-order valence-electron chi connectivity index (χ1n) is 7.98. The maximum atomic E-state index is 12.3. The summed E-state index contributed by atoms with van der Waals surface area (Å²) >= 11 is 11.9. The van der Waals surface area contributed by atoms with Gasteiger partial charge in [-0.3, -0.25) is 4.79 Å². The lowest BCUT2D eigenvalue weighted by atomic mass is 10.1. The first-order chi connectivity index (χ1) is 12.5. The normalized spacial score (nSPS) is 11.2. The summed E-state index contributed by atoms with van der Waals surface area (Å²) in [5.74, 6) is -0.181. The number of hydrogen-bond acceptors (Lipinski definition) is 2. The Morgan fingerprint density at radius 2 is 1.69 bits per heavy atom. The number of halogens is 2. The van der Waals surface area contributed by atoms with Crippen molar-refractivity contribution in [1.29, 1.82) is 0 Å². The molecule has 4 aromatic rings. The van der Waals surface area contributed by atoms with Crippen molar-refractivity contribution in [3.63, 3.8) is 0 Å². The summed E-state index contributed by atoms with van der Waals surface area (Å²) in [4.78, 5) is 15.6. The molecule has 130 valence electrons. The minimum atomic E-state index is -0.162. The predicted octanol–water partition coefficient (Wildman–Crippen LogP) is 5.51. The number of anilines is 1. The fraction of sp³-hybridized carbons (Fsp3) is 0.0500. The summed E-state index contributed by atoms with van der Waals surface area (Å²) in [5.41, 5.74) is 3.35. The van der Waals surface area contributed by atoms with Gasteiger partial charge in [0.1, 0.15) is 5.75 Å². The van der Waals surface area contributed by atoms with Crippen LogP contribution in [-0.2, 0) is 11.2 Å². The Hall–Kier alpha value is -2.69. The molecule has 0 atom stereocenters. The molecule has 0 radical (unpaired) electrons. The second-order valence-electron chi connectivity index (χ2n) is 6.09. The molecule has 0 fully saturated rings. The van der Waals surface area contributed by atoms with Gasteiger partial charge in [0.05, 0.1) is 11.4 Å². The van der Waals surface area contributed by atoms with E-state index in [1.54, 1.807) is 6.07 Å². The lowest BCUT2D eigenvalue weighted by molar-refractivity contribution is -0.115. The number of fused-ring (bicyclic) bond motifs is 3. The smallest absolute Gasteiger partial charge is 0.228 e. The number of H-pyrrole nitrogens is 1. The van der Waals surface area contributed by atoms with Crippen LogP contribution in [-0.4, -0.2) is 16.0 Å². The standard InChI is InChI=1S/C20H14Cl2N2O2/c21-12-2-5-15-14-4-1-11(7-17(14)24-18(15)9-12)8-20(26)23-13-3-6-19(25)16(22)10-13/h1-7,9-10,24-25H,8H2,(H,23,26). The van der Waals surface area contributed by atoms with Crippen LogP contribution in [0.2, 0.25) is 10.0 Å². The van der Waals surface area contributed by atoms with E-state index < -0.39 is 0 Å². The molecule has 1 aromatic heterocycles. The van der Waals surface area contributed by atoms with Crippen molar-refractivity contribution >= 4 is 56.6 Å². The monoisotopic (exact) mass is 384 g/mol. The highest BCUT2D eigenvalue weighted by atomic mass is 35.5. The van der Waals surface area contributed by atoms with Gasteiger partial charge in [-0.15, -0.1) is 0 Å². The van der Waals surface area contributed by atoms with Gasteiger partial charge in [-0.2, -0.15) is 0 Å². The second kappa shape index (κ2) is 6.56. The van der Waals surface area contributed by atoms with E-state index in [0.717, 1.165) is 27.4 Å². The number of aromatic nitrogens is 1. The number of nitrogens with one attached hydrogen (secondary N) is 2. The van der Waals surface area contributed by atoms with Gasteiger partial charge in [0, 0.05) is 32.5 Å². The highest BCUT2D eigenvalue weighted by Gasteiger charge is 2.09. The second-order valence-corrected chi connectivity index (χ2v) is 6.93. The van der Waals surface area contributed by atoms with Crippen LogP contribution < -0.4 is 5.32 Å². The number of aromatic amines is 1. The zero-order chi connectivity index (χ0) is 18.3.